The minimum Gasteiger partial charge on any atom is -0.330 e. The first-order valence-electron chi connectivity index (χ1n) is 5.47. The third-order valence-corrected chi connectivity index (χ3v) is 3.37. The Morgan fingerprint density at radius 2 is 1.77 bits per heavy atom. The molecular weight excluding hydrogens is 160 g/mol. The molecule has 2 nitrogen and oxygen atoms in total. The molecule has 0 aromatic heterocycles. The number of likely N-dealkylation sites (tertiary alicyclic amines) is 1. The van der Waals surface area contributed by atoms with Crippen molar-refractivity contribution in [2.75, 3.05) is 26.2 Å². The highest BCUT2D eigenvalue weighted by atomic mass is 15.1. The fraction of sp³-hybridized carbons (Fsp3) is 0.818. The minimum absolute atomic E-state index is 0.837. The number of fused-ring (bicyclic) bond motifs is 1. The van der Waals surface area contributed by atoms with Gasteiger partial charge in [0.1, 0.15) is 0 Å². The molecule has 0 amide bonds. The second kappa shape index (κ2) is 4.25. The first-order valence-corrected chi connectivity index (χ1v) is 5.47. The highest BCUT2D eigenvalue weighted by Gasteiger charge is 2.31. The zero-order chi connectivity index (χ0) is 9.10. The van der Waals surface area contributed by atoms with E-state index in [4.69, 9.17) is 5.73 Å². The lowest BCUT2D eigenvalue weighted by Crippen LogP contribution is -2.24. The Labute approximate surface area is 80.8 Å². The minimum atomic E-state index is 0.837. The van der Waals surface area contributed by atoms with Crippen LogP contribution in [0.4, 0.5) is 0 Å². The summed E-state index contributed by atoms with van der Waals surface area (Å²) in [5.74, 6) is 1.89. The van der Waals surface area contributed by atoms with Gasteiger partial charge in [-0.2, -0.15) is 0 Å². The van der Waals surface area contributed by atoms with Crippen molar-refractivity contribution in [1.29, 1.82) is 0 Å². The van der Waals surface area contributed by atoms with Crippen molar-refractivity contribution >= 4 is 0 Å². The maximum Gasteiger partial charge on any atom is 0.00160 e. The Morgan fingerprint density at radius 1 is 1.15 bits per heavy atom. The van der Waals surface area contributed by atoms with Crippen LogP contribution in [0.15, 0.2) is 12.2 Å². The smallest absolute Gasteiger partial charge is 0.00160 e. The zero-order valence-corrected chi connectivity index (χ0v) is 8.28. The van der Waals surface area contributed by atoms with Gasteiger partial charge in [0, 0.05) is 13.1 Å². The largest absolute Gasteiger partial charge is 0.330 e. The van der Waals surface area contributed by atoms with Crippen molar-refractivity contribution in [1.82, 2.24) is 4.90 Å². The second-order valence-electron chi connectivity index (χ2n) is 4.36. The van der Waals surface area contributed by atoms with Crippen LogP contribution in [0.2, 0.25) is 0 Å². The van der Waals surface area contributed by atoms with Gasteiger partial charge >= 0.3 is 0 Å². The van der Waals surface area contributed by atoms with E-state index in [1.54, 1.807) is 0 Å². The molecule has 1 heterocycles. The molecule has 2 heteroatoms. The van der Waals surface area contributed by atoms with Gasteiger partial charge in [0.15, 0.2) is 0 Å². The summed E-state index contributed by atoms with van der Waals surface area (Å²) in [4.78, 5) is 2.59. The number of nitrogens with two attached hydrogens (primary N) is 1. The van der Waals surface area contributed by atoms with Gasteiger partial charge in [-0.1, -0.05) is 12.2 Å². The summed E-state index contributed by atoms with van der Waals surface area (Å²) in [6.45, 7) is 4.68. The number of allylic oxidation sites excluding steroid dienone is 2. The summed E-state index contributed by atoms with van der Waals surface area (Å²) in [6.07, 6.45) is 8.49. The molecule has 0 aromatic rings. The summed E-state index contributed by atoms with van der Waals surface area (Å²) >= 11 is 0. The number of hydrogen-bond acceptors (Lipinski definition) is 2. The fourth-order valence-corrected chi connectivity index (χ4v) is 2.61. The van der Waals surface area contributed by atoms with Crippen LogP contribution >= 0.6 is 0 Å². The summed E-state index contributed by atoms with van der Waals surface area (Å²) < 4.78 is 0. The normalized spacial score (nSPS) is 33.6. The Bertz CT molecular complexity index is 173. The molecule has 1 aliphatic heterocycles. The highest BCUT2D eigenvalue weighted by Crippen LogP contribution is 2.32. The number of rotatable bonds is 3. The van der Waals surface area contributed by atoms with E-state index in [2.05, 4.69) is 17.1 Å². The van der Waals surface area contributed by atoms with Crippen LogP contribution in [0, 0.1) is 11.8 Å². The first-order chi connectivity index (χ1) is 6.40. The van der Waals surface area contributed by atoms with Crippen LogP contribution in [-0.2, 0) is 0 Å². The lowest BCUT2D eigenvalue weighted by atomic mass is 9.86. The highest BCUT2D eigenvalue weighted by molar-refractivity contribution is 4.99. The van der Waals surface area contributed by atoms with Crippen LogP contribution in [0.5, 0.6) is 0 Å². The molecule has 0 unspecified atom stereocenters. The van der Waals surface area contributed by atoms with Crippen LogP contribution in [-0.4, -0.2) is 31.1 Å². The van der Waals surface area contributed by atoms with Gasteiger partial charge in [-0.25, -0.2) is 0 Å². The molecule has 2 rings (SSSR count). The van der Waals surface area contributed by atoms with Crippen molar-refractivity contribution in [3.63, 3.8) is 0 Å². The molecule has 74 valence electrons. The van der Waals surface area contributed by atoms with Crippen molar-refractivity contribution in [2.45, 2.75) is 19.3 Å². The molecule has 2 atom stereocenters. The van der Waals surface area contributed by atoms with Crippen LogP contribution in [0.25, 0.3) is 0 Å². The predicted octanol–water partition coefficient (Wildman–Crippen LogP) is 1.23. The molecule has 1 fully saturated rings. The molecule has 1 aliphatic carbocycles. The number of hydrogen-bond donors (Lipinski definition) is 1. The summed E-state index contributed by atoms with van der Waals surface area (Å²) in [7, 11) is 0. The Hall–Kier alpha value is -0.340. The molecule has 0 aromatic carbocycles. The SMILES string of the molecule is NCCCN1C[C@H]2CC=CC[C@H]2C1. The van der Waals surface area contributed by atoms with E-state index in [0.29, 0.717) is 0 Å². The fourth-order valence-electron chi connectivity index (χ4n) is 2.61. The summed E-state index contributed by atoms with van der Waals surface area (Å²) in [5.41, 5.74) is 5.51. The third-order valence-electron chi connectivity index (χ3n) is 3.37. The van der Waals surface area contributed by atoms with Crippen molar-refractivity contribution < 1.29 is 0 Å². The molecule has 13 heavy (non-hydrogen) atoms. The summed E-state index contributed by atoms with van der Waals surface area (Å²) in [6, 6.07) is 0. The van der Waals surface area contributed by atoms with E-state index < -0.39 is 0 Å². The van der Waals surface area contributed by atoms with Crippen LogP contribution in [0.1, 0.15) is 19.3 Å². The van der Waals surface area contributed by atoms with Gasteiger partial charge in [-0.05, 0) is 44.2 Å². The van der Waals surface area contributed by atoms with Gasteiger partial charge in [-0.3, -0.25) is 0 Å². The van der Waals surface area contributed by atoms with E-state index in [1.807, 2.05) is 0 Å². The molecular formula is C11H20N2. The van der Waals surface area contributed by atoms with Gasteiger partial charge < -0.3 is 10.6 Å². The average Bonchev–Trinajstić information content (AvgIpc) is 2.57. The van der Waals surface area contributed by atoms with E-state index in [-0.39, 0.29) is 0 Å². The Morgan fingerprint density at radius 3 is 2.31 bits per heavy atom. The molecule has 0 spiro atoms. The van der Waals surface area contributed by atoms with Crippen LogP contribution < -0.4 is 5.73 Å². The molecule has 2 N–H and O–H groups in total. The van der Waals surface area contributed by atoms with E-state index in [0.717, 1.165) is 24.8 Å². The van der Waals surface area contributed by atoms with Crippen molar-refractivity contribution in [3.05, 3.63) is 12.2 Å². The quantitative estimate of drug-likeness (QED) is 0.662. The molecule has 2 aliphatic rings. The van der Waals surface area contributed by atoms with Gasteiger partial charge in [0.05, 0.1) is 0 Å². The summed E-state index contributed by atoms with van der Waals surface area (Å²) in [5, 5.41) is 0. The Balaban J connectivity index is 1.80. The number of nitrogens with zero attached hydrogens (tertiary/aromatic N) is 1. The van der Waals surface area contributed by atoms with E-state index in [9.17, 15) is 0 Å². The Kier molecular flexibility index (Phi) is 3.01. The molecule has 0 bridgehead atoms. The second-order valence-corrected chi connectivity index (χ2v) is 4.36. The average molecular weight is 180 g/mol. The predicted molar refractivity (Wildman–Crippen MR) is 55.5 cm³/mol. The first kappa shape index (κ1) is 9.22. The standard InChI is InChI=1S/C11H20N2/c12-6-3-7-13-8-10-4-1-2-5-11(10)9-13/h1-2,10-11H,3-9,12H2/t10-,11+. The van der Waals surface area contributed by atoms with Crippen LogP contribution in [0.3, 0.4) is 0 Å². The maximum absolute atomic E-state index is 5.51. The lowest BCUT2D eigenvalue weighted by molar-refractivity contribution is 0.319. The van der Waals surface area contributed by atoms with Crippen molar-refractivity contribution in [3.8, 4) is 0 Å². The molecule has 0 saturated carbocycles. The van der Waals surface area contributed by atoms with E-state index in [1.165, 1.54) is 32.5 Å². The van der Waals surface area contributed by atoms with E-state index >= 15 is 0 Å². The third kappa shape index (κ3) is 2.12. The lowest BCUT2D eigenvalue weighted by Gasteiger charge is -2.18. The van der Waals surface area contributed by atoms with Gasteiger partial charge in [0.25, 0.3) is 0 Å². The monoisotopic (exact) mass is 180 g/mol. The maximum atomic E-state index is 5.51. The molecule has 1 saturated heterocycles. The topological polar surface area (TPSA) is 29.3 Å². The van der Waals surface area contributed by atoms with Gasteiger partial charge in [0.2, 0.25) is 0 Å². The van der Waals surface area contributed by atoms with Gasteiger partial charge in [-0.15, -0.1) is 0 Å². The van der Waals surface area contributed by atoms with Crippen molar-refractivity contribution in [2.24, 2.45) is 17.6 Å². The zero-order valence-electron chi connectivity index (χ0n) is 8.28. The molecule has 0 radical (unpaired) electrons.